The zero-order valence-electron chi connectivity index (χ0n) is 7.12. The molecule has 0 aromatic heterocycles. The monoisotopic (exact) mass is 157 g/mol. The predicted octanol–water partition coefficient (Wildman–Crippen LogP) is 2.49. The summed E-state index contributed by atoms with van der Waals surface area (Å²) in [5, 5.41) is 9.03. The van der Waals surface area contributed by atoms with E-state index in [0.29, 0.717) is 5.92 Å². The second-order valence-electron chi connectivity index (χ2n) is 3.55. The molecule has 1 aliphatic rings. The number of benzene rings is 1. The van der Waals surface area contributed by atoms with Gasteiger partial charge in [-0.2, -0.15) is 5.26 Å². The lowest BCUT2D eigenvalue weighted by Gasteiger charge is -2.05. The molecule has 0 heterocycles. The first-order valence-electron chi connectivity index (χ1n) is 4.26. The van der Waals surface area contributed by atoms with Crippen LogP contribution in [0, 0.1) is 17.2 Å². The van der Waals surface area contributed by atoms with Gasteiger partial charge in [0.05, 0.1) is 11.5 Å². The second kappa shape index (κ2) is 2.35. The summed E-state index contributed by atoms with van der Waals surface area (Å²) in [4.78, 5) is 0. The summed E-state index contributed by atoms with van der Waals surface area (Å²) in [6, 6.07) is 12.5. The molecule has 1 aromatic rings. The van der Waals surface area contributed by atoms with Crippen molar-refractivity contribution >= 4 is 0 Å². The standard InChI is InChI=1S/C11H11N/c1-9-7-11(9,8-12)10-5-3-2-4-6-10/h2-6,9H,7H2,1H3. The molecule has 0 aliphatic heterocycles. The molecule has 2 rings (SSSR count). The van der Waals surface area contributed by atoms with Crippen LogP contribution in [0.15, 0.2) is 30.3 Å². The van der Waals surface area contributed by atoms with Crippen LogP contribution < -0.4 is 0 Å². The molecular formula is C11H11N. The molecule has 0 bridgehead atoms. The van der Waals surface area contributed by atoms with E-state index in [1.165, 1.54) is 5.56 Å². The molecule has 1 aromatic carbocycles. The van der Waals surface area contributed by atoms with Crippen LogP contribution in [0.25, 0.3) is 0 Å². The maximum Gasteiger partial charge on any atom is 0.0851 e. The van der Waals surface area contributed by atoms with E-state index in [2.05, 4.69) is 13.0 Å². The molecule has 1 aliphatic carbocycles. The molecule has 0 amide bonds. The SMILES string of the molecule is CC1CC1(C#N)c1ccccc1. The first-order chi connectivity index (χ1) is 5.79. The Balaban J connectivity index is 2.39. The Morgan fingerprint density at radius 3 is 2.42 bits per heavy atom. The molecule has 60 valence electrons. The zero-order valence-corrected chi connectivity index (χ0v) is 7.12. The summed E-state index contributed by atoms with van der Waals surface area (Å²) in [7, 11) is 0. The molecule has 0 N–H and O–H groups in total. The first kappa shape index (κ1) is 7.36. The second-order valence-corrected chi connectivity index (χ2v) is 3.55. The molecule has 1 saturated carbocycles. The van der Waals surface area contributed by atoms with Crippen molar-refractivity contribution in [1.29, 1.82) is 5.26 Å². The van der Waals surface area contributed by atoms with Crippen LogP contribution in [-0.4, -0.2) is 0 Å². The Morgan fingerprint density at radius 1 is 1.42 bits per heavy atom. The summed E-state index contributed by atoms with van der Waals surface area (Å²) in [6.45, 7) is 2.14. The molecule has 12 heavy (non-hydrogen) atoms. The van der Waals surface area contributed by atoms with Crippen LogP contribution in [0.3, 0.4) is 0 Å². The molecule has 0 radical (unpaired) electrons. The first-order valence-corrected chi connectivity index (χ1v) is 4.26. The van der Waals surface area contributed by atoms with E-state index >= 15 is 0 Å². The molecule has 0 spiro atoms. The summed E-state index contributed by atoms with van der Waals surface area (Å²) in [5.41, 5.74) is 1.03. The highest BCUT2D eigenvalue weighted by molar-refractivity contribution is 5.40. The van der Waals surface area contributed by atoms with Gasteiger partial charge in [0.1, 0.15) is 0 Å². The fraction of sp³-hybridized carbons (Fsp3) is 0.364. The third-order valence-electron chi connectivity index (χ3n) is 2.80. The van der Waals surface area contributed by atoms with Crippen LogP contribution in [0.5, 0.6) is 0 Å². The maximum absolute atomic E-state index is 9.03. The summed E-state index contributed by atoms with van der Waals surface area (Å²) >= 11 is 0. The van der Waals surface area contributed by atoms with E-state index in [1.54, 1.807) is 0 Å². The van der Waals surface area contributed by atoms with Gasteiger partial charge in [-0.15, -0.1) is 0 Å². The summed E-state index contributed by atoms with van der Waals surface area (Å²) in [6.07, 6.45) is 1.02. The van der Waals surface area contributed by atoms with Crippen molar-refractivity contribution in [2.24, 2.45) is 5.92 Å². The van der Waals surface area contributed by atoms with E-state index < -0.39 is 0 Å². The van der Waals surface area contributed by atoms with Crippen molar-refractivity contribution in [1.82, 2.24) is 0 Å². The minimum absolute atomic E-state index is 0.152. The van der Waals surface area contributed by atoms with Gasteiger partial charge in [-0.25, -0.2) is 0 Å². The molecule has 2 unspecified atom stereocenters. The topological polar surface area (TPSA) is 23.8 Å². The van der Waals surface area contributed by atoms with Crippen molar-refractivity contribution in [3.05, 3.63) is 35.9 Å². The van der Waals surface area contributed by atoms with Crippen molar-refractivity contribution in [2.45, 2.75) is 18.8 Å². The number of hydrogen-bond donors (Lipinski definition) is 0. The quantitative estimate of drug-likeness (QED) is 0.614. The van der Waals surface area contributed by atoms with E-state index in [9.17, 15) is 0 Å². The van der Waals surface area contributed by atoms with Gasteiger partial charge >= 0.3 is 0 Å². The number of nitrogens with zero attached hydrogens (tertiary/aromatic N) is 1. The van der Waals surface area contributed by atoms with Gasteiger partial charge in [-0.3, -0.25) is 0 Å². The van der Waals surface area contributed by atoms with Crippen molar-refractivity contribution in [2.75, 3.05) is 0 Å². The van der Waals surface area contributed by atoms with E-state index in [0.717, 1.165) is 6.42 Å². The van der Waals surface area contributed by atoms with Crippen molar-refractivity contribution in [3.63, 3.8) is 0 Å². The molecular weight excluding hydrogens is 146 g/mol. The lowest BCUT2D eigenvalue weighted by atomic mass is 9.95. The van der Waals surface area contributed by atoms with Crippen molar-refractivity contribution < 1.29 is 0 Å². The Labute approximate surface area is 72.6 Å². The minimum Gasteiger partial charge on any atom is -0.197 e. The van der Waals surface area contributed by atoms with Gasteiger partial charge in [-0.05, 0) is 17.9 Å². The summed E-state index contributed by atoms with van der Waals surface area (Å²) < 4.78 is 0. The third-order valence-corrected chi connectivity index (χ3v) is 2.80. The molecule has 1 heteroatoms. The van der Waals surface area contributed by atoms with Crippen LogP contribution in [-0.2, 0) is 5.41 Å². The van der Waals surface area contributed by atoms with Gasteiger partial charge in [-0.1, -0.05) is 37.3 Å². The highest BCUT2D eigenvalue weighted by atomic mass is 14.6. The highest BCUT2D eigenvalue weighted by Gasteiger charge is 2.52. The largest absolute Gasteiger partial charge is 0.197 e. The van der Waals surface area contributed by atoms with Gasteiger partial charge in [0.15, 0.2) is 0 Å². The Kier molecular flexibility index (Phi) is 1.44. The van der Waals surface area contributed by atoms with Crippen molar-refractivity contribution in [3.8, 4) is 6.07 Å². The number of hydrogen-bond acceptors (Lipinski definition) is 1. The van der Waals surface area contributed by atoms with Gasteiger partial charge < -0.3 is 0 Å². The molecule has 0 saturated heterocycles. The molecule has 2 atom stereocenters. The summed E-state index contributed by atoms with van der Waals surface area (Å²) in [5.74, 6) is 0.532. The van der Waals surface area contributed by atoms with Crippen LogP contribution in [0.2, 0.25) is 0 Å². The fourth-order valence-electron chi connectivity index (χ4n) is 1.78. The normalized spacial score (nSPS) is 32.5. The number of nitriles is 1. The Bertz CT molecular complexity index is 323. The van der Waals surface area contributed by atoms with E-state index in [1.807, 2.05) is 30.3 Å². The van der Waals surface area contributed by atoms with E-state index in [-0.39, 0.29) is 5.41 Å². The van der Waals surface area contributed by atoms with Crippen LogP contribution in [0.4, 0.5) is 0 Å². The average molecular weight is 157 g/mol. The highest BCUT2D eigenvalue weighted by Crippen LogP contribution is 2.53. The lowest BCUT2D eigenvalue weighted by Crippen LogP contribution is -2.04. The fourth-order valence-corrected chi connectivity index (χ4v) is 1.78. The predicted molar refractivity (Wildman–Crippen MR) is 47.5 cm³/mol. The molecule has 1 nitrogen and oxygen atoms in total. The van der Waals surface area contributed by atoms with Gasteiger partial charge in [0, 0.05) is 0 Å². The lowest BCUT2D eigenvalue weighted by molar-refractivity contribution is 0.792. The Hall–Kier alpha value is -1.29. The van der Waals surface area contributed by atoms with Crippen LogP contribution >= 0.6 is 0 Å². The van der Waals surface area contributed by atoms with Gasteiger partial charge in [0.25, 0.3) is 0 Å². The third kappa shape index (κ3) is 0.848. The molecule has 1 fully saturated rings. The zero-order chi connectivity index (χ0) is 8.60. The Morgan fingerprint density at radius 2 is 2.00 bits per heavy atom. The average Bonchev–Trinajstić information content (AvgIpc) is 2.80. The van der Waals surface area contributed by atoms with Gasteiger partial charge in [0.2, 0.25) is 0 Å². The minimum atomic E-state index is -0.152. The van der Waals surface area contributed by atoms with Crippen LogP contribution in [0.1, 0.15) is 18.9 Å². The smallest absolute Gasteiger partial charge is 0.0851 e. The van der Waals surface area contributed by atoms with E-state index in [4.69, 9.17) is 5.26 Å². The maximum atomic E-state index is 9.03. The number of rotatable bonds is 1.